The average molecular weight is 377 g/mol. The number of ether oxygens (including phenoxy) is 1. The molecule has 7 nitrogen and oxygen atoms in total. The van der Waals surface area contributed by atoms with Gasteiger partial charge in [-0.05, 0) is 29.8 Å². The Bertz CT molecular complexity index is 1030. The fourth-order valence-electron chi connectivity index (χ4n) is 2.47. The molecule has 1 aromatic carbocycles. The van der Waals surface area contributed by atoms with Gasteiger partial charge in [0.15, 0.2) is 5.13 Å². The van der Waals surface area contributed by atoms with Gasteiger partial charge in [0.1, 0.15) is 18.1 Å². The predicted octanol–water partition coefficient (Wildman–Crippen LogP) is 3.76. The first-order valence-electron chi connectivity index (χ1n) is 8.17. The monoisotopic (exact) mass is 377 g/mol. The van der Waals surface area contributed by atoms with E-state index in [1.54, 1.807) is 18.6 Å². The van der Waals surface area contributed by atoms with Crippen LogP contribution in [0.15, 0.2) is 66.4 Å². The Hall–Kier alpha value is -3.52. The first kappa shape index (κ1) is 16.9. The molecular weight excluding hydrogens is 362 g/mol. The molecule has 2 N–H and O–H groups in total. The molecule has 4 rings (SSSR count). The number of para-hydroxylation sites is 1. The summed E-state index contributed by atoms with van der Waals surface area (Å²) in [5.41, 5.74) is 2.69. The van der Waals surface area contributed by atoms with Crippen molar-refractivity contribution < 1.29 is 9.53 Å². The van der Waals surface area contributed by atoms with E-state index in [0.717, 1.165) is 17.0 Å². The molecule has 0 radical (unpaired) electrons. The van der Waals surface area contributed by atoms with Gasteiger partial charge in [0.05, 0.1) is 11.9 Å². The second kappa shape index (κ2) is 7.79. The highest BCUT2D eigenvalue weighted by Gasteiger charge is 2.17. The summed E-state index contributed by atoms with van der Waals surface area (Å²) < 4.78 is 5.67. The summed E-state index contributed by atoms with van der Waals surface area (Å²) in [6, 6.07) is 13.2. The number of aromatic amines is 1. The van der Waals surface area contributed by atoms with Gasteiger partial charge in [0.25, 0.3) is 5.91 Å². The number of nitrogens with one attached hydrogen (secondary N) is 2. The van der Waals surface area contributed by atoms with E-state index in [2.05, 4.69) is 25.5 Å². The van der Waals surface area contributed by atoms with Gasteiger partial charge in [-0.15, -0.1) is 11.3 Å². The molecule has 3 heterocycles. The van der Waals surface area contributed by atoms with E-state index in [4.69, 9.17) is 4.74 Å². The van der Waals surface area contributed by atoms with E-state index in [-0.39, 0.29) is 5.91 Å². The van der Waals surface area contributed by atoms with Gasteiger partial charge in [-0.2, -0.15) is 5.10 Å². The Morgan fingerprint density at radius 1 is 1.15 bits per heavy atom. The van der Waals surface area contributed by atoms with Crippen LogP contribution < -0.4 is 10.1 Å². The number of carbonyl (C=O) groups excluding carboxylic acids is 1. The normalized spacial score (nSPS) is 10.5. The molecule has 0 aliphatic heterocycles. The molecule has 1 amide bonds. The number of rotatable bonds is 6. The number of benzene rings is 1. The fraction of sp³-hybridized carbons (Fsp3) is 0.0526. The van der Waals surface area contributed by atoms with Crippen LogP contribution in [0.2, 0.25) is 0 Å². The van der Waals surface area contributed by atoms with Crippen LogP contribution >= 0.6 is 11.3 Å². The smallest absolute Gasteiger partial charge is 0.276 e. The lowest BCUT2D eigenvalue weighted by atomic mass is 10.1. The van der Waals surface area contributed by atoms with Crippen molar-refractivity contribution >= 4 is 22.4 Å². The maximum Gasteiger partial charge on any atom is 0.276 e. The zero-order valence-corrected chi connectivity index (χ0v) is 14.9. The van der Waals surface area contributed by atoms with Gasteiger partial charge < -0.3 is 4.74 Å². The molecule has 0 aliphatic carbocycles. The Kier molecular flexibility index (Phi) is 4.88. The topological polar surface area (TPSA) is 92.8 Å². The van der Waals surface area contributed by atoms with Gasteiger partial charge >= 0.3 is 0 Å². The van der Waals surface area contributed by atoms with Crippen LogP contribution in [0.25, 0.3) is 11.1 Å². The lowest BCUT2D eigenvalue weighted by molar-refractivity contribution is 0.102. The molecule has 0 aliphatic rings. The van der Waals surface area contributed by atoms with Crippen molar-refractivity contribution in [2.24, 2.45) is 0 Å². The number of carbonyl (C=O) groups is 1. The molecule has 3 aromatic heterocycles. The van der Waals surface area contributed by atoms with Crippen molar-refractivity contribution in [2.75, 3.05) is 5.32 Å². The number of anilines is 1. The number of hydrogen-bond donors (Lipinski definition) is 2. The summed E-state index contributed by atoms with van der Waals surface area (Å²) >= 11 is 1.34. The zero-order valence-electron chi connectivity index (χ0n) is 14.1. The van der Waals surface area contributed by atoms with Gasteiger partial charge in [-0.3, -0.25) is 20.2 Å². The number of H-pyrrole nitrogens is 1. The van der Waals surface area contributed by atoms with Crippen molar-refractivity contribution in [3.05, 3.63) is 77.8 Å². The van der Waals surface area contributed by atoms with Crippen LogP contribution in [-0.2, 0) is 6.61 Å². The number of amides is 1. The van der Waals surface area contributed by atoms with Gasteiger partial charge in [0.2, 0.25) is 0 Å². The molecule has 0 unspecified atom stereocenters. The molecule has 27 heavy (non-hydrogen) atoms. The van der Waals surface area contributed by atoms with E-state index in [9.17, 15) is 4.79 Å². The molecule has 0 saturated heterocycles. The highest BCUT2D eigenvalue weighted by molar-refractivity contribution is 7.13. The number of pyridine rings is 1. The summed E-state index contributed by atoms with van der Waals surface area (Å²) in [6.07, 6.45) is 4.96. The Balaban J connectivity index is 1.42. The van der Waals surface area contributed by atoms with Crippen LogP contribution in [0, 0.1) is 0 Å². The van der Waals surface area contributed by atoms with E-state index in [1.807, 2.05) is 47.8 Å². The van der Waals surface area contributed by atoms with Crippen molar-refractivity contribution in [1.82, 2.24) is 20.2 Å². The Morgan fingerprint density at radius 3 is 2.78 bits per heavy atom. The molecule has 0 fully saturated rings. The van der Waals surface area contributed by atoms with Crippen LogP contribution in [0.5, 0.6) is 5.75 Å². The predicted molar refractivity (Wildman–Crippen MR) is 103 cm³/mol. The molecule has 0 saturated carbocycles. The molecule has 0 atom stereocenters. The summed E-state index contributed by atoms with van der Waals surface area (Å²) in [6.45, 7) is 0.336. The molecule has 0 spiro atoms. The number of thiazole rings is 1. The van der Waals surface area contributed by atoms with E-state index in [0.29, 0.717) is 23.0 Å². The third kappa shape index (κ3) is 4.01. The maximum atomic E-state index is 12.6. The highest BCUT2D eigenvalue weighted by atomic mass is 32.1. The van der Waals surface area contributed by atoms with Gasteiger partial charge in [-0.1, -0.05) is 18.2 Å². The van der Waals surface area contributed by atoms with Crippen molar-refractivity contribution in [3.8, 4) is 16.9 Å². The summed E-state index contributed by atoms with van der Waals surface area (Å²) in [5, 5.41) is 11.9. The third-order valence-electron chi connectivity index (χ3n) is 3.76. The molecule has 4 aromatic rings. The number of nitrogens with zero attached hydrogens (tertiary/aromatic N) is 3. The quantitative estimate of drug-likeness (QED) is 0.534. The van der Waals surface area contributed by atoms with E-state index >= 15 is 0 Å². The molecular formula is C19H15N5O2S. The average Bonchev–Trinajstić information content (AvgIpc) is 3.37. The van der Waals surface area contributed by atoms with Crippen molar-refractivity contribution in [1.29, 1.82) is 0 Å². The second-order valence-corrected chi connectivity index (χ2v) is 6.45. The van der Waals surface area contributed by atoms with Crippen molar-refractivity contribution in [3.63, 3.8) is 0 Å². The number of hydrogen-bond acceptors (Lipinski definition) is 6. The Morgan fingerprint density at radius 2 is 1.96 bits per heavy atom. The van der Waals surface area contributed by atoms with E-state index < -0.39 is 0 Å². The molecule has 0 bridgehead atoms. The molecule has 8 heteroatoms. The summed E-state index contributed by atoms with van der Waals surface area (Å²) in [4.78, 5) is 21.0. The first-order valence-corrected chi connectivity index (χ1v) is 9.05. The van der Waals surface area contributed by atoms with Crippen molar-refractivity contribution in [2.45, 2.75) is 6.61 Å². The largest absolute Gasteiger partial charge is 0.487 e. The van der Waals surface area contributed by atoms with Crippen LogP contribution in [-0.4, -0.2) is 26.1 Å². The van der Waals surface area contributed by atoms with Gasteiger partial charge in [0, 0.05) is 23.3 Å². The van der Waals surface area contributed by atoms with E-state index in [1.165, 1.54) is 11.3 Å². The lowest BCUT2D eigenvalue weighted by Crippen LogP contribution is -2.13. The standard InChI is InChI=1S/C19H15N5O2S/c25-18(17-16(10-21-24-17)13-6-8-20-9-7-13)23-19-22-14(12-27-19)11-26-15-4-2-1-3-5-15/h1-10,12H,11H2,(H,21,24)(H,22,23,25). The minimum absolute atomic E-state index is 0.302. The SMILES string of the molecule is O=C(Nc1nc(COc2ccccc2)cs1)c1[nH]ncc1-c1ccncc1. The van der Waals surface area contributed by atoms with Crippen LogP contribution in [0.1, 0.15) is 16.2 Å². The summed E-state index contributed by atoms with van der Waals surface area (Å²) in [5.74, 6) is 0.472. The second-order valence-electron chi connectivity index (χ2n) is 5.59. The first-order chi connectivity index (χ1) is 13.3. The highest BCUT2D eigenvalue weighted by Crippen LogP contribution is 2.23. The minimum atomic E-state index is -0.302. The maximum absolute atomic E-state index is 12.6. The lowest BCUT2D eigenvalue weighted by Gasteiger charge is -2.04. The fourth-order valence-corrected chi connectivity index (χ4v) is 3.16. The van der Waals surface area contributed by atoms with Crippen LogP contribution in [0.3, 0.4) is 0 Å². The minimum Gasteiger partial charge on any atom is -0.487 e. The molecule has 134 valence electrons. The Labute approximate surface area is 159 Å². The number of aromatic nitrogens is 4. The zero-order chi connectivity index (χ0) is 18.5. The van der Waals surface area contributed by atoms with Gasteiger partial charge in [-0.25, -0.2) is 4.98 Å². The summed E-state index contributed by atoms with van der Waals surface area (Å²) in [7, 11) is 0. The third-order valence-corrected chi connectivity index (χ3v) is 4.57. The van der Waals surface area contributed by atoms with Crippen LogP contribution in [0.4, 0.5) is 5.13 Å².